The van der Waals surface area contributed by atoms with Gasteiger partial charge < -0.3 is 9.47 Å². The number of aromatic nitrogens is 3. The van der Waals surface area contributed by atoms with Gasteiger partial charge in [0.25, 0.3) is 5.92 Å². The van der Waals surface area contributed by atoms with Crippen molar-refractivity contribution in [3.05, 3.63) is 63.4 Å². The monoisotopic (exact) mass is 538 g/mol. The standard InChI is InChI=1S/C26H33ClF2N4O2S/c1-19-22(15-33(31-19)25-21(4-3-10-30-25)17-35-16-20-5-6-20)14-32-11-8-24(36-2)23(7-9-27)26(28,29)18-34-13-12-32/h3-4,7,9-10,15,20H,5-6,8,11-14,16-18H2,1-2H3/b9-7+,24-23+. The molecular formula is C26H33ClF2N4O2S. The molecule has 1 aliphatic heterocycles. The fraction of sp³-hybridized carbons (Fsp3) is 0.538. The molecule has 6 nitrogen and oxygen atoms in total. The van der Waals surface area contributed by atoms with Gasteiger partial charge in [-0.15, -0.1) is 11.8 Å². The number of nitrogens with zero attached hydrogens (tertiary/aromatic N) is 4. The normalized spacial score (nSPS) is 21.8. The Hall–Kier alpha value is -1.78. The molecule has 196 valence electrons. The predicted octanol–water partition coefficient (Wildman–Crippen LogP) is 5.73. The van der Waals surface area contributed by atoms with Crippen molar-refractivity contribution >= 4 is 23.4 Å². The number of hydrogen-bond donors (Lipinski definition) is 0. The van der Waals surface area contributed by atoms with Crippen molar-refractivity contribution in [2.75, 3.05) is 39.2 Å². The maximum absolute atomic E-state index is 14.7. The molecule has 0 aromatic carbocycles. The van der Waals surface area contributed by atoms with Gasteiger partial charge in [-0.1, -0.05) is 17.7 Å². The third-order valence-electron chi connectivity index (χ3n) is 6.45. The van der Waals surface area contributed by atoms with Crippen LogP contribution in [0.15, 0.2) is 46.6 Å². The van der Waals surface area contributed by atoms with E-state index >= 15 is 0 Å². The van der Waals surface area contributed by atoms with Gasteiger partial charge in [0.05, 0.1) is 18.9 Å². The number of halogens is 3. The van der Waals surface area contributed by atoms with Gasteiger partial charge >= 0.3 is 0 Å². The van der Waals surface area contributed by atoms with Crippen LogP contribution in [-0.4, -0.2) is 64.8 Å². The smallest absolute Gasteiger partial charge is 0.296 e. The van der Waals surface area contributed by atoms with Crippen molar-refractivity contribution in [2.45, 2.75) is 45.3 Å². The second kappa shape index (κ2) is 12.6. The average Bonchev–Trinajstić information content (AvgIpc) is 3.62. The molecule has 2 aromatic rings. The fourth-order valence-corrected chi connectivity index (χ4v) is 5.06. The van der Waals surface area contributed by atoms with Gasteiger partial charge in [-0.25, -0.2) is 9.67 Å². The highest BCUT2D eigenvalue weighted by Crippen LogP contribution is 2.35. The molecule has 0 radical (unpaired) electrons. The van der Waals surface area contributed by atoms with Crippen molar-refractivity contribution in [1.29, 1.82) is 0 Å². The molecule has 0 N–H and O–H groups in total. The Kier molecular flexibility index (Phi) is 9.58. The average molecular weight is 539 g/mol. The summed E-state index contributed by atoms with van der Waals surface area (Å²) in [6.45, 7) is 4.62. The molecule has 0 unspecified atom stereocenters. The van der Waals surface area contributed by atoms with E-state index in [1.807, 2.05) is 36.2 Å². The lowest BCUT2D eigenvalue weighted by atomic mass is 10.1. The summed E-state index contributed by atoms with van der Waals surface area (Å²) in [4.78, 5) is 7.40. The number of pyridine rings is 1. The predicted molar refractivity (Wildman–Crippen MR) is 140 cm³/mol. The van der Waals surface area contributed by atoms with E-state index in [0.717, 1.165) is 34.8 Å². The van der Waals surface area contributed by atoms with E-state index in [-0.39, 0.29) is 12.2 Å². The van der Waals surface area contributed by atoms with Crippen LogP contribution in [0, 0.1) is 12.8 Å². The summed E-state index contributed by atoms with van der Waals surface area (Å²) in [5.41, 5.74) is 4.03. The van der Waals surface area contributed by atoms with Gasteiger partial charge in [-0.2, -0.15) is 13.9 Å². The number of hydrogen-bond acceptors (Lipinski definition) is 6. The summed E-state index contributed by atoms with van der Waals surface area (Å²) < 4.78 is 42.5. The van der Waals surface area contributed by atoms with E-state index in [4.69, 9.17) is 26.2 Å². The minimum absolute atomic E-state index is 0.0672. The summed E-state index contributed by atoms with van der Waals surface area (Å²) in [5, 5.41) is 4.73. The molecule has 0 spiro atoms. The van der Waals surface area contributed by atoms with Gasteiger partial charge in [0.2, 0.25) is 0 Å². The van der Waals surface area contributed by atoms with Gasteiger partial charge in [0.15, 0.2) is 5.82 Å². The molecule has 0 amide bonds. The molecule has 2 aromatic heterocycles. The maximum atomic E-state index is 14.7. The quantitative estimate of drug-likeness (QED) is 0.406. The first-order valence-electron chi connectivity index (χ1n) is 12.2. The second-order valence-corrected chi connectivity index (χ2v) is 10.4. The third-order valence-corrected chi connectivity index (χ3v) is 7.49. The van der Waals surface area contributed by atoms with E-state index in [0.29, 0.717) is 43.5 Å². The van der Waals surface area contributed by atoms with Crippen LogP contribution in [0.4, 0.5) is 8.78 Å². The molecule has 3 heterocycles. The maximum Gasteiger partial charge on any atom is 0.296 e. The first-order chi connectivity index (χ1) is 17.4. The molecule has 1 aliphatic carbocycles. The largest absolute Gasteiger partial charge is 0.376 e. The fourth-order valence-electron chi connectivity index (χ4n) is 4.20. The highest BCUT2D eigenvalue weighted by atomic mass is 35.5. The van der Waals surface area contributed by atoms with Crippen molar-refractivity contribution in [3.63, 3.8) is 0 Å². The summed E-state index contributed by atoms with van der Waals surface area (Å²) >= 11 is 7.01. The Morgan fingerprint density at radius 1 is 1.31 bits per heavy atom. The Bertz CT molecular complexity index is 1090. The molecule has 1 saturated carbocycles. The SMILES string of the molecule is CS/C1=C(\C=C\Cl)C(F)(F)COCCN(Cc2cn(-c3ncccc3COCC3CC3)nc2C)CC1. The number of allylic oxidation sites excluding steroid dienone is 1. The molecule has 0 saturated heterocycles. The van der Waals surface area contributed by atoms with Crippen LogP contribution < -0.4 is 0 Å². The number of ether oxygens (including phenoxy) is 2. The van der Waals surface area contributed by atoms with Crippen molar-refractivity contribution in [2.24, 2.45) is 5.92 Å². The molecular weight excluding hydrogens is 506 g/mol. The second-order valence-electron chi connectivity index (χ2n) is 9.25. The van der Waals surface area contributed by atoms with Gasteiger partial charge in [-0.05, 0) is 55.4 Å². The number of rotatable bonds is 9. The van der Waals surface area contributed by atoms with E-state index in [2.05, 4.69) is 9.88 Å². The molecule has 10 heteroatoms. The zero-order chi connectivity index (χ0) is 25.5. The minimum Gasteiger partial charge on any atom is -0.376 e. The van der Waals surface area contributed by atoms with Crippen molar-refractivity contribution in [1.82, 2.24) is 19.7 Å². The number of alkyl halides is 2. The van der Waals surface area contributed by atoms with Crippen LogP contribution in [0.25, 0.3) is 5.82 Å². The van der Waals surface area contributed by atoms with Crippen molar-refractivity contribution < 1.29 is 18.3 Å². The summed E-state index contributed by atoms with van der Waals surface area (Å²) in [6, 6.07) is 3.93. The Labute approximate surface area is 220 Å². The van der Waals surface area contributed by atoms with Crippen LogP contribution in [0.1, 0.15) is 36.1 Å². The molecule has 0 bridgehead atoms. The first-order valence-corrected chi connectivity index (χ1v) is 13.9. The zero-order valence-electron chi connectivity index (χ0n) is 20.8. The molecule has 36 heavy (non-hydrogen) atoms. The van der Waals surface area contributed by atoms with Gasteiger partial charge in [-0.3, -0.25) is 4.90 Å². The molecule has 4 rings (SSSR count). The van der Waals surface area contributed by atoms with Gasteiger partial charge in [0, 0.05) is 60.9 Å². The highest BCUT2D eigenvalue weighted by Gasteiger charge is 2.36. The van der Waals surface area contributed by atoms with E-state index < -0.39 is 12.5 Å². The highest BCUT2D eigenvalue weighted by molar-refractivity contribution is 8.02. The van der Waals surface area contributed by atoms with Crippen LogP contribution in [0.3, 0.4) is 0 Å². The third kappa shape index (κ3) is 7.16. The zero-order valence-corrected chi connectivity index (χ0v) is 22.3. The first kappa shape index (κ1) is 27.3. The van der Waals surface area contributed by atoms with E-state index in [9.17, 15) is 8.78 Å². The Balaban J connectivity index is 1.49. The Morgan fingerprint density at radius 3 is 2.89 bits per heavy atom. The summed E-state index contributed by atoms with van der Waals surface area (Å²) in [7, 11) is 0. The topological polar surface area (TPSA) is 52.4 Å². The van der Waals surface area contributed by atoms with Crippen LogP contribution in [0.2, 0.25) is 0 Å². The van der Waals surface area contributed by atoms with Crippen LogP contribution >= 0.6 is 23.4 Å². The number of aryl methyl sites for hydroxylation is 1. The van der Waals surface area contributed by atoms with Crippen molar-refractivity contribution in [3.8, 4) is 5.82 Å². The summed E-state index contributed by atoms with van der Waals surface area (Å²) in [5.74, 6) is -1.61. The van der Waals surface area contributed by atoms with Crippen LogP contribution in [0.5, 0.6) is 0 Å². The lowest BCUT2D eigenvalue weighted by molar-refractivity contribution is -0.0516. The van der Waals surface area contributed by atoms with E-state index in [1.165, 1.54) is 30.7 Å². The Morgan fingerprint density at radius 2 is 2.14 bits per heavy atom. The van der Waals surface area contributed by atoms with Gasteiger partial charge in [0.1, 0.15) is 6.61 Å². The molecule has 2 aliphatic rings. The lowest BCUT2D eigenvalue weighted by Crippen LogP contribution is -2.34. The summed E-state index contributed by atoms with van der Waals surface area (Å²) in [6.07, 6.45) is 9.88. The minimum atomic E-state index is -3.08. The molecule has 0 atom stereocenters. The van der Waals surface area contributed by atoms with Crippen LogP contribution in [-0.2, 0) is 22.6 Å². The van der Waals surface area contributed by atoms with E-state index in [1.54, 1.807) is 6.20 Å². The lowest BCUT2D eigenvalue weighted by Gasteiger charge is -2.27. The number of thioether (sulfide) groups is 1. The molecule has 1 fully saturated rings.